The molecule has 158 valence electrons. The zero-order valence-corrected chi connectivity index (χ0v) is 18.5. The summed E-state index contributed by atoms with van der Waals surface area (Å²) in [6.45, 7) is 11.1. The molecule has 0 atom stereocenters. The summed E-state index contributed by atoms with van der Waals surface area (Å²) in [4.78, 5) is 6.82. The fourth-order valence-corrected chi connectivity index (χ4v) is 4.63. The molecule has 0 radical (unpaired) electrons. The fraction of sp³-hybridized carbons (Fsp3) is 0.950. The minimum absolute atomic E-state index is 0.0896. The van der Waals surface area contributed by atoms with Gasteiger partial charge >= 0.3 is 0 Å². The molecule has 0 aromatic carbocycles. The van der Waals surface area contributed by atoms with Crippen LogP contribution in [0.5, 0.6) is 0 Å². The van der Waals surface area contributed by atoms with Gasteiger partial charge in [-0.3, -0.25) is 4.99 Å². The molecular weight excluding hydrogens is 362 g/mol. The largest absolute Gasteiger partial charge is 0.378 e. The first kappa shape index (κ1) is 22.5. The molecule has 1 saturated carbocycles. The molecule has 1 heterocycles. The Balaban J connectivity index is 1.80. The van der Waals surface area contributed by atoms with Gasteiger partial charge in [0.1, 0.15) is 0 Å². The van der Waals surface area contributed by atoms with E-state index in [0.717, 1.165) is 51.0 Å². The van der Waals surface area contributed by atoms with E-state index < -0.39 is 14.6 Å². The van der Waals surface area contributed by atoms with Gasteiger partial charge in [0, 0.05) is 26.2 Å². The first-order valence-electron chi connectivity index (χ1n) is 10.6. The smallest absolute Gasteiger partial charge is 0.193 e. The quantitative estimate of drug-likeness (QED) is 0.525. The van der Waals surface area contributed by atoms with Crippen molar-refractivity contribution in [3.8, 4) is 0 Å². The normalized spacial score (nSPS) is 21.0. The summed E-state index contributed by atoms with van der Waals surface area (Å²) in [5.41, 5.74) is 0. The fourth-order valence-electron chi connectivity index (χ4n) is 3.69. The van der Waals surface area contributed by atoms with E-state index in [1.807, 2.05) is 6.92 Å². The Morgan fingerprint density at radius 2 is 1.78 bits per heavy atom. The maximum absolute atomic E-state index is 12.3. The van der Waals surface area contributed by atoms with Crippen LogP contribution in [0.25, 0.3) is 0 Å². The van der Waals surface area contributed by atoms with Gasteiger partial charge in [0.15, 0.2) is 15.8 Å². The van der Waals surface area contributed by atoms with Crippen molar-refractivity contribution in [1.29, 1.82) is 0 Å². The van der Waals surface area contributed by atoms with Gasteiger partial charge in [-0.15, -0.1) is 0 Å². The Hall–Kier alpha value is -0.820. The van der Waals surface area contributed by atoms with E-state index in [1.165, 1.54) is 25.7 Å². The molecule has 2 fully saturated rings. The average Bonchev–Trinajstić information content (AvgIpc) is 3.12. The summed E-state index contributed by atoms with van der Waals surface area (Å²) >= 11 is 0. The number of guanidine groups is 1. The van der Waals surface area contributed by atoms with Gasteiger partial charge in [-0.1, -0.05) is 12.8 Å². The third-order valence-corrected chi connectivity index (χ3v) is 8.26. The van der Waals surface area contributed by atoms with Crippen LogP contribution in [0.2, 0.25) is 0 Å². The van der Waals surface area contributed by atoms with Gasteiger partial charge in [0.25, 0.3) is 0 Å². The molecule has 0 unspecified atom stereocenters. The monoisotopic (exact) mass is 401 g/mol. The van der Waals surface area contributed by atoms with Gasteiger partial charge in [0.05, 0.1) is 23.1 Å². The predicted molar refractivity (Wildman–Crippen MR) is 112 cm³/mol. The molecule has 2 rings (SSSR count). The minimum atomic E-state index is -3.14. The van der Waals surface area contributed by atoms with Crippen LogP contribution < -0.4 is 5.32 Å². The second kappa shape index (κ2) is 10.1. The van der Waals surface area contributed by atoms with Crippen molar-refractivity contribution in [3.05, 3.63) is 0 Å². The second-order valence-electron chi connectivity index (χ2n) is 8.84. The minimum Gasteiger partial charge on any atom is -0.378 e. The molecule has 0 bridgehead atoms. The highest BCUT2D eigenvalue weighted by Crippen LogP contribution is 2.26. The molecule has 0 amide bonds. The SMILES string of the molecule is CCNC(=NCCS(=O)(=O)C(C)(C)C)N1CCC(OCC2CCCC2)CC1. The van der Waals surface area contributed by atoms with Crippen LogP contribution in [-0.2, 0) is 14.6 Å². The maximum Gasteiger partial charge on any atom is 0.193 e. The van der Waals surface area contributed by atoms with E-state index >= 15 is 0 Å². The van der Waals surface area contributed by atoms with Crippen LogP contribution in [0, 0.1) is 5.92 Å². The lowest BCUT2D eigenvalue weighted by molar-refractivity contribution is 0.00102. The third-order valence-electron chi connectivity index (χ3n) is 5.67. The first-order valence-corrected chi connectivity index (χ1v) is 12.3. The number of aliphatic imine (C=N–C) groups is 1. The van der Waals surface area contributed by atoms with E-state index in [1.54, 1.807) is 20.8 Å². The molecule has 0 spiro atoms. The Morgan fingerprint density at radius 1 is 1.15 bits per heavy atom. The number of likely N-dealkylation sites (tertiary alicyclic amines) is 1. The van der Waals surface area contributed by atoms with Crippen molar-refractivity contribution in [3.63, 3.8) is 0 Å². The first-order chi connectivity index (χ1) is 12.7. The molecule has 2 aliphatic rings. The molecule has 7 heteroatoms. The number of sulfone groups is 1. The van der Waals surface area contributed by atoms with Gasteiger partial charge < -0.3 is 15.0 Å². The van der Waals surface area contributed by atoms with Crippen molar-refractivity contribution in [2.45, 2.75) is 77.1 Å². The number of nitrogens with one attached hydrogen (secondary N) is 1. The number of hydrogen-bond acceptors (Lipinski definition) is 4. The zero-order chi connectivity index (χ0) is 19.9. The molecule has 1 N–H and O–H groups in total. The zero-order valence-electron chi connectivity index (χ0n) is 17.7. The van der Waals surface area contributed by atoms with Crippen molar-refractivity contribution < 1.29 is 13.2 Å². The summed E-state index contributed by atoms with van der Waals surface area (Å²) < 4.78 is 30.0. The Labute approximate surface area is 166 Å². The molecule has 6 nitrogen and oxygen atoms in total. The Bertz CT molecular complexity index is 570. The molecule has 0 aromatic heterocycles. The van der Waals surface area contributed by atoms with Crippen LogP contribution in [-0.4, -0.2) is 68.7 Å². The van der Waals surface area contributed by atoms with Crippen LogP contribution in [0.15, 0.2) is 4.99 Å². The number of rotatable bonds is 7. The molecule has 1 aliphatic heterocycles. The van der Waals surface area contributed by atoms with Crippen LogP contribution in [0.1, 0.15) is 66.2 Å². The summed E-state index contributed by atoms with van der Waals surface area (Å²) in [7, 11) is -3.14. The summed E-state index contributed by atoms with van der Waals surface area (Å²) in [5.74, 6) is 1.69. The van der Waals surface area contributed by atoms with E-state index in [0.29, 0.717) is 12.6 Å². The molecular formula is C20H39N3O3S. The molecule has 27 heavy (non-hydrogen) atoms. The predicted octanol–water partition coefficient (Wildman–Crippen LogP) is 2.84. The van der Waals surface area contributed by atoms with Crippen molar-refractivity contribution >= 4 is 15.8 Å². The maximum atomic E-state index is 12.3. The summed E-state index contributed by atoms with van der Waals surface area (Å²) in [5, 5.41) is 3.31. The van der Waals surface area contributed by atoms with E-state index in [2.05, 4.69) is 15.2 Å². The average molecular weight is 402 g/mol. The van der Waals surface area contributed by atoms with Crippen molar-refractivity contribution in [2.24, 2.45) is 10.9 Å². The molecule has 0 aromatic rings. The summed E-state index contributed by atoms with van der Waals surface area (Å²) in [6.07, 6.45) is 7.75. The Morgan fingerprint density at radius 3 is 2.33 bits per heavy atom. The lowest BCUT2D eigenvalue weighted by atomic mass is 10.1. The third kappa shape index (κ3) is 6.93. The van der Waals surface area contributed by atoms with Crippen molar-refractivity contribution in [2.75, 3.05) is 38.5 Å². The second-order valence-corrected chi connectivity index (χ2v) is 11.7. The Kier molecular flexibility index (Phi) is 8.40. The van der Waals surface area contributed by atoms with Crippen LogP contribution in [0.4, 0.5) is 0 Å². The highest BCUT2D eigenvalue weighted by atomic mass is 32.2. The van der Waals surface area contributed by atoms with Gasteiger partial charge in [-0.05, 0) is 59.3 Å². The summed E-state index contributed by atoms with van der Waals surface area (Å²) in [6, 6.07) is 0. The highest BCUT2D eigenvalue weighted by Gasteiger charge is 2.28. The van der Waals surface area contributed by atoms with E-state index in [9.17, 15) is 8.42 Å². The van der Waals surface area contributed by atoms with Gasteiger partial charge in [-0.2, -0.15) is 0 Å². The number of piperidine rings is 1. The number of ether oxygens (including phenoxy) is 1. The number of hydrogen-bond donors (Lipinski definition) is 1. The van der Waals surface area contributed by atoms with Crippen LogP contribution >= 0.6 is 0 Å². The lowest BCUT2D eigenvalue weighted by Gasteiger charge is -2.34. The highest BCUT2D eigenvalue weighted by molar-refractivity contribution is 7.92. The standard InChI is InChI=1S/C20H39N3O3S/c1-5-21-19(22-12-15-27(24,25)20(2,3)4)23-13-10-18(11-14-23)26-16-17-8-6-7-9-17/h17-18H,5-16H2,1-4H3,(H,21,22). The topological polar surface area (TPSA) is 71.0 Å². The molecule has 1 saturated heterocycles. The van der Waals surface area contributed by atoms with Gasteiger partial charge in [0.2, 0.25) is 0 Å². The number of nitrogens with zero attached hydrogens (tertiary/aromatic N) is 2. The van der Waals surface area contributed by atoms with Crippen LogP contribution in [0.3, 0.4) is 0 Å². The van der Waals surface area contributed by atoms with Crippen molar-refractivity contribution in [1.82, 2.24) is 10.2 Å². The molecule has 1 aliphatic carbocycles. The van der Waals surface area contributed by atoms with Gasteiger partial charge in [-0.25, -0.2) is 8.42 Å². The lowest BCUT2D eigenvalue weighted by Crippen LogP contribution is -2.47. The van der Waals surface area contributed by atoms with E-state index in [4.69, 9.17) is 4.74 Å². The van der Waals surface area contributed by atoms with E-state index in [-0.39, 0.29) is 5.75 Å².